The van der Waals surface area contributed by atoms with E-state index in [1.807, 2.05) is 18.2 Å². The number of rotatable bonds is 6. The van der Waals surface area contributed by atoms with Gasteiger partial charge in [0.15, 0.2) is 0 Å². The number of nitrogens with zero attached hydrogens (tertiary/aromatic N) is 3. The fourth-order valence-corrected chi connectivity index (χ4v) is 5.85. The number of amides is 1. The molecule has 8 heteroatoms. The largest absolute Gasteiger partial charge is 0.336 e. The zero-order chi connectivity index (χ0) is 22.6. The topological polar surface area (TPSA) is 60.9 Å². The van der Waals surface area contributed by atoms with E-state index in [1.165, 1.54) is 28.1 Å². The fraction of sp³-hybridized carbons (Fsp3) is 0.375. The van der Waals surface area contributed by atoms with Gasteiger partial charge in [0.05, 0.1) is 15.5 Å². The molecule has 0 aromatic heterocycles. The van der Waals surface area contributed by atoms with E-state index in [0.29, 0.717) is 26.2 Å². The third-order valence-corrected chi connectivity index (χ3v) is 8.23. The molecule has 0 bridgehead atoms. The van der Waals surface area contributed by atoms with Crippen molar-refractivity contribution in [1.82, 2.24) is 14.1 Å². The van der Waals surface area contributed by atoms with Crippen molar-refractivity contribution in [2.45, 2.75) is 17.7 Å². The minimum atomic E-state index is -3.60. The molecule has 170 valence electrons. The third kappa shape index (κ3) is 5.23. The minimum absolute atomic E-state index is 0.136. The highest BCUT2D eigenvalue weighted by atomic mass is 35.5. The van der Waals surface area contributed by atoms with Gasteiger partial charge in [-0.25, -0.2) is 8.42 Å². The summed E-state index contributed by atoms with van der Waals surface area (Å²) < 4.78 is 27.3. The Bertz CT molecular complexity index is 1070. The van der Waals surface area contributed by atoms with E-state index in [9.17, 15) is 13.2 Å². The SMILES string of the molecule is O=C(c1cc(S(=O)(=O)N2CCCC2)ccc1Cl)N1CCN(C/C=C/c2ccccc2)CC1. The van der Waals surface area contributed by atoms with E-state index in [4.69, 9.17) is 11.6 Å². The van der Waals surface area contributed by atoms with Crippen molar-refractivity contribution in [1.29, 1.82) is 0 Å². The van der Waals surface area contributed by atoms with Gasteiger partial charge in [-0.2, -0.15) is 4.31 Å². The molecule has 2 saturated heterocycles. The summed E-state index contributed by atoms with van der Waals surface area (Å²) in [6, 6.07) is 14.6. The highest BCUT2D eigenvalue weighted by molar-refractivity contribution is 7.89. The standard InChI is InChI=1S/C24H28ClN3O3S/c25-23-11-10-21(32(30,31)28-13-4-5-14-28)19-22(23)24(29)27-17-15-26(16-18-27)12-6-9-20-7-2-1-3-8-20/h1-3,6-11,19H,4-5,12-18H2/b9-6+. The van der Waals surface area contributed by atoms with Crippen LogP contribution < -0.4 is 0 Å². The molecule has 2 aromatic carbocycles. The van der Waals surface area contributed by atoms with Crippen LogP contribution in [0.15, 0.2) is 59.5 Å². The van der Waals surface area contributed by atoms with Gasteiger partial charge in [0, 0.05) is 45.8 Å². The molecule has 2 aliphatic rings. The summed E-state index contributed by atoms with van der Waals surface area (Å²) in [5, 5.41) is 0.281. The van der Waals surface area contributed by atoms with Gasteiger partial charge in [-0.15, -0.1) is 0 Å². The monoisotopic (exact) mass is 473 g/mol. The third-order valence-electron chi connectivity index (χ3n) is 6.00. The predicted octanol–water partition coefficient (Wildman–Crippen LogP) is 3.60. The highest BCUT2D eigenvalue weighted by Gasteiger charge is 2.29. The first-order valence-electron chi connectivity index (χ1n) is 11.0. The van der Waals surface area contributed by atoms with E-state index in [2.05, 4.69) is 29.2 Å². The highest BCUT2D eigenvalue weighted by Crippen LogP contribution is 2.26. The smallest absolute Gasteiger partial charge is 0.255 e. The number of hydrogen-bond donors (Lipinski definition) is 0. The second-order valence-electron chi connectivity index (χ2n) is 8.16. The number of piperazine rings is 1. The normalized spacial score (nSPS) is 18.5. The van der Waals surface area contributed by atoms with Gasteiger partial charge in [-0.1, -0.05) is 54.1 Å². The average molecular weight is 474 g/mol. The lowest BCUT2D eigenvalue weighted by atomic mass is 10.1. The van der Waals surface area contributed by atoms with Crippen molar-refractivity contribution in [2.24, 2.45) is 0 Å². The van der Waals surface area contributed by atoms with Crippen molar-refractivity contribution >= 4 is 33.6 Å². The number of hydrogen-bond acceptors (Lipinski definition) is 4. The Morgan fingerprint density at radius 3 is 2.31 bits per heavy atom. The first-order chi connectivity index (χ1) is 15.4. The van der Waals surface area contributed by atoms with Crippen LogP contribution in [0.4, 0.5) is 0 Å². The van der Waals surface area contributed by atoms with Gasteiger partial charge in [0.25, 0.3) is 5.91 Å². The minimum Gasteiger partial charge on any atom is -0.336 e. The summed E-state index contributed by atoms with van der Waals surface area (Å²) in [6.07, 6.45) is 5.97. The maximum Gasteiger partial charge on any atom is 0.255 e. The van der Waals surface area contributed by atoms with Gasteiger partial charge in [-0.05, 0) is 36.6 Å². The van der Waals surface area contributed by atoms with Crippen LogP contribution in [0.25, 0.3) is 6.08 Å². The maximum atomic E-state index is 13.1. The molecule has 2 aromatic rings. The second-order valence-corrected chi connectivity index (χ2v) is 10.5. The molecule has 1 amide bonds. The molecule has 6 nitrogen and oxygen atoms in total. The van der Waals surface area contributed by atoms with Crippen molar-refractivity contribution < 1.29 is 13.2 Å². The first kappa shape index (κ1) is 23.0. The molecular weight excluding hydrogens is 446 g/mol. The zero-order valence-corrected chi connectivity index (χ0v) is 19.6. The molecule has 32 heavy (non-hydrogen) atoms. The van der Waals surface area contributed by atoms with Crippen LogP contribution in [0.5, 0.6) is 0 Å². The van der Waals surface area contributed by atoms with Gasteiger partial charge < -0.3 is 4.90 Å². The zero-order valence-electron chi connectivity index (χ0n) is 18.0. The summed E-state index contributed by atoms with van der Waals surface area (Å²) in [6.45, 7) is 4.54. The molecule has 0 saturated carbocycles. The van der Waals surface area contributed by atoms with Crippen LogP contribution in [-0.4, -0.2) is 74.2 Å². The summed E-state index contributed by atoms with van der Waals surface area (Å²) in [5.74, 6) is -0.215. The average Bonchev–Trinajstić information content (AvgIpc) is 3.36. The molecule has 0 unspecified atom stereocenters. The Balaban J connectivity index is 1.38. The van der Waals surface area contributed by atoms with Crippen LogP contribution in [0.2, 0.25) is 5.02 Å². The maximum absolute atomic E-state index is 13.1. The molecule has 2 aliphatic heterocycles. The Morgan fingerprint density at radius 1 is 0.938 bits per heavy atom. The predicted molar refractivity (Wildman–Crippen MR) is 127 cm³/mol. The van der Waals surface area contributed by atoms with Crippen molar-refractivity contribution in [3.05, 3.63) is 70.8 Å². The molecule has 0 aliphatic carbocycles. The van der Waals surface area contributed by atoms with Gasteiger partial charge in [-0.3, -0.25) is 9.69 Å². The van der Waals surface area contributed by atoms with E-state index < -0.39 is 10.0 Å². The summed E-state index contributed by atoms with van der Waals surface area (Å²) in [5.41, 5.74) is 1.42. The van der Waals surface area contributed by atoms with E-state index in [1.54, 1.807) is 4.90 Å². The van der Waals surface area contributed by atoms with Gasteiger partial charge >= 0.3 is 0 Å². The second kappa shape index (κ2) is 10.2. The van der Waals surface area contributed by atoms with Crippen LogP contribution in [-0.2, 0) is 10.0 Å². The summed E-state index contributed by atoms with van der Waals surface area (Å²) in [7, 11) is -3.60. The molecular formula is C24H28ClN3O3S. The fourth-order valence-electron chi connectivity index (χ4n) is 4.11. The molecule has 2 heterocycles. The number of halogens is 1. The van der Waals surface area contributed by atoms with Crippen molar-refractivity contribution in [3.63, 3.8) is 0 Å². The van der Waals surface area contributed by atoms with Crippen LogP contribution >= 0.6 is 11.6 Å². The van der Waals surface area contributed by atoms with Crippen molar-refractivity contribution in [2.75, 3.05) is 45.8 Å². The van der Waals surface area contributed by atoms with E-state index in [-0.39, 0.29) is 21.4 Å². The van der Waals surface area contributed by atoms with Crippen molar-refractivity contribution in [3.8, 4) is 0 Å². The molecule has 0 atom stereocenters. The quantitative estimate of drug-likeness (QED) is 0.643. The number of carbonyl (C=O) groups is 1. The molecule has 0 radical (unpaired) electrons. The lowest BCUT2D eigenvalue weighted by Gasteiger charge is -2.34. The van der Waals surface area contributed by atoms with E-state index >= 15 is 0 Å². The molecule has 0 N–H and O–H groups in total. The lowest BCUT2D eigenvalue weighted by Crippen LogP contribution is -2.48. The van der Waals surface area contributed by atoms with Crippen LogP contribution in [0, 0.1) is 0 Å². The first-order valence-corrected chi connectivity index (χ1v) is 12.8. The van der Waals surface area contributed by atoms with Crippen LogP contribution in [0.3, 0.4) is 0 Å². The number of benzene rings is 2. The van der Waals surface area contributed by atoms with Crippen LogP contribution in [0.1, 0.15) is 28.8 Å². The Labute approximate surface area is 195 Å². The number of carbonyl (C=O) groups excluding carboxylic acids is 1. The van der Waals surface area contributed by atoms with Gasteiger partial charge in [0.1, 0.15) is 0 Å². The summed E-state index contributed by atoms with van der Waals surface area (Å²) >= 11 is 6.30. The summed E-state index contributed by atoms with van der Waals surface area (Å²) in [4.78, 5) is 17.3. The number of sulfonamides is 1. The van der Waals surface area contributed by atoms with Gasteiger partial charge in [0.2, 0.25) is 10.0 Å². The molecule has 2 fully saturated rings. The Hall–Kier alpha value is -2.19. The lowest BCUT2D eigenvalue weighted by molar-refractivity contribution is 0.0650. The molecule has 0 spiro atoms. The Kier molecular flexibility index (Phi) is 7.30. The Morgan fingerprint density at radius 2 is 1.62 bits per heavy atom. The molecule has 4 rings (SSSR count). The van der Waals surface area contributed by atoms with E-state index in [0.717, 1.165) is 32.5 Å².